The van der Waals surface area contributed by atoms with Gasteiger partial charge in [-0.2, -0.15) is 9.57 Å². The number of rotatable bonds is 3. The van der Waals surface area contributed by atoms with E-state index in [-0.39, 0.29) is 23.5 Å². The SMILES string of the molecule is Cc1ccc(S(=O)(=O)N2CCN(c3cccc(F)c3C#N)CC2)cc1C. The van der Waals surface area contributed by atoms with Crippen molar-refractivity contribution >= 4 is 15.7 Å². The molecule has 0 unspecified atom stereocenters. The van der Waals surface area contributed by atoms with Gasteiger partial charge < -0.3 is 4.90 Å². The lowest BCUT2D eigenvalue weighted by atomic mass is 10.1. The van der Waals surface area contributed by atoms with E-state index in [1.807, 2.05) is 30.9 Å². The predicted octanol–water partition coefficient (Wildman–Crippen LogP) is 2.83. The molecule has 1 heterocycles. The van der Waals surface area contributed by atoms with Crippen molar-refractivity contribution in [2.75, 3.05) is 31.1 Å². The Labute approximate surface area is 153 Å². The van der Waals surface area contributed by atoms with E-state index in [2.05, 4.69) is 0 Å². The molecule has 1 saturated heterocycles. The standard InChI is InChI=1S/C19H20FN3O2S/c1-14-6-7-16(12-15(14)2)26(24,25)23-10-8-22(9-11-23)19-5-3-4-18(20)17(19)13-21/h3-7,12H,8-11H2,1-2H3. The molecule has 0 amide bonds. The van der Waals surface area contributed by atoms with Crippen LogP contribution in [0.3, 0.4) is 0 Å². The summed E-state index contributed by atoms with van der Waals surface area (Å²) in [6, 6.07) is 11.5. The van der Waals surface area contributed by atoms with Crippen LogP contribution in [0, 0.1) is 31.0 Å². The molecule has 0 aromatic heterocycles. The van der Waals surface area contributed by atoms with E-state index in [0.717, 1.165) is 11.1 Å². The second kappa shape index (κ2) is 7.06. The first-order valence-electron chi connectivity index (χ1n) is 8.35. The highest BCUT2D eigenvalue weighted by Gasteiger charge is 2.29. The van der Waals surface area contributed by atoms with Crippen LogP contribution in [0.25, 0.3) is 0 Å². The lowest BCUT2D eigenvalue weighted by Gasteiger charge is -2.35. The number of anilines is 1. The first-order chi connectivity index (χ1) is 12.3. The molecule has 0 atom stereocenters. The van der Waals surface area contributed by atoms with Crippen molar-refractivity contribution in [1.82, 2.24) is 4.31 Å². The summed E-state index contributed by atoms with van der Waals surface area (Å²) in [5.74, 6) is -0.560. The van der Waals surface area contributed by atoms with Gasteiger partial charge in [0, 0.05) is 26.2 Å². The van der Waals surface area contributed by atoms with Gasteiger partial charge in [0.2, 0.25) is 10.0 Å². The van der Waals surface area contributed by atoms with Crippen LogP contribution in [0.15, 0.2) is 41.3 Å². The summed E-state index contributed by atoms with van der Waals surface area (Å²) in [6.45, 7) is 5.22. The number of aryl methyl sites for hydroxylation is 2. The molecule has 2 aromatic rings. The third kappa shape index (κ3) is 3.30. The zero-order valence-corrected chi connectivity index (χ0v) is 15.6. The van der Waals surface area contributed by atoms with Crippen molar-refractivity contribution in [3.63, 3.8) is 0 Å². The van der Waals surface area contributed by atoms with Crippen LogP contribution in [-0.2, 0) is 10.0 Å². The Hall–Kier alpha value is -2.43. The molecular weight excluding hydrogens is 353 g/mol. The first-order valence-corrected chi connectivity index (χ1v) is 9.79. The van der Waals surface area contributed by atoms with Gasteiger partial charge in [0.25, 0.3) is 0 Å². The van der Waals surface area contributed by atoms with Crippen molar-refractivity contribution in [2.24, 2.45) is 0 Å². The third-order valence-electron chi connectivity index (χ3n) is 4.80. The van der Waals surface area contributed by atoms with Crippen molar-refractivity contribution in [2.45, 2.75) is 18.7 Å². The molecule has 0 bridgehead atoms. The number of hydrogen-bond acceptors (Lipinski definition) is 4. The Bertz CT molecular complexity index is 975. The fraction of sp³-hybridized carbons (Fsp3) is 0.316. The predicted molar refractivity (Wildman–Crippen MR) is 98.0 cm³/mol. The monoisotopic (exact) mass is 373 g/mol. The molecule has 1 aliphatic heterocycles. The molecule has 136 valence electrons. The normalized spacial score (nSPS) is 15.7. The van der Waals surface area contributed by atoms with E-state index in [1.54, 1.807) is 24.3 Å². The average Bonchev–Trinajstić information content (AvgIpc) is 2.63. The van der Waals surface area contributed by atoms with Crippen LogP contribution in [0.5, 0.6) is 0 Å². The zero-order valence-electron chi connectivity index (χ0n) is 14.7. The summed E-state index contributed by atoms with van der Waals surface area (Å²) in [4.78, 5) is 2.14. The molecule has 0 N–H and O–H groups in total. The fourth-order valence-electron chi connectivity index (χ4n) is 3.08. The third-order valence-corrected chi connectivity index (χ3v) is 6.69. The minimum absolute atomic E-state index is 0.00188. The van der Waals surface area contributed by atoms with Crippen LogP contribution < -0.4 is 4.90 Å². The second-order valence-electron chi connectivity index (χ2n) is 6.38. The van der Waals surface area contributed by atoms with Crippen molar-refractivity contribution < 1.29 is 12.8 Å². The summed E-state index contributed by atoms with van der Waals surface area (Å²) in [6.07, 6.45) is 0. The molecule has 3 rings (SSSR count). The summed E-state index contributed by atoms with van der Waals surface area (Å²) < 4.78 is 41.0. The van der Waals surface area contributed by atoms with E-state index in [9.17, 15) is 18.1 Å². The maximum Gasteiger partial charge on any atom is 0.243 e. The molecule has 1 aliphatic rings. The smallest absolute Gasteiger partial charge is 0.243 e. The minimum atomic E-state index is -3.56. The second-order valence-corrected chi connectivity index (χ2v) is 8.32. The fourth-order valence-corrected chi connectivity index (χ4v) is 4.59. The maximum atomic E-state index is 13.8. The van der Waals surface area contributed by atoms with Gasteiger partial charge in [-0.05, 0) is 49.2 Å². The Morgan fingerprint density at radius 2 is 1.73 bits per heavy atom. The number of benzene rings is 2. The average molecular weight is 373 g/mol. The molecule has 0 spiro atoms. The number of nitriles is 1. The summed E-state index contributed by atoms with van der Waals surface area (Å²) >= 11 is 0. The van der Waals surface area contributed by atoms with Crippen LogP contribution in [0.2, 0.25) is 0 Å². The van der Waals surface area contributed by atoms with Crippen LogP contribution in [0.4, 0.5) is 10.1 Å². The lowest BCUT2D eigenvalue weighted by molar-refractivity contribution is 0.384. The quantitative estimate of drug-likeness (QED) is 0.830. The summed E-state index contributed by atoms with van der Waals surface area (Å²) in [5, 5.41) is 9.19. The van der Waals surface area contributed by atoms with Gasteiger partial charge in [0.1, 0.15) is 17.4 Å². The Balaban J connectivity index is 1.79. The molecular formula is C19H20FN3O2S. The molecule has 5 nitrogen and oxygen atoms in total. The molecule has 0 radical (unpaired) electrons. The van der Waals surface area contributed by atoms with Gasteiger partial charge in [-0.3, -0.25) is 0 Å². The number of hydrogen-bond donors (Lipinski definition) is 0. The van der Waals surface area contributed by atoms with Gasteiger partial charge in [0.15, 0.2) is 0 Å². The van der Waals surface area contributed by atoms with Crippen LogP contribution in [0.1, 0.15) is 16.7 Å². The van der Waals surface area contributed by atoms with E-state index >= 15 is 0 Å². The lowest BCUT2D eigenvalue weighted by Crippen LogP contribution is -2.48. The molecule has 0 aliphatic carbocycles. The van der Waals surface area contributed by atoms with Crippen LogP contribution in [-0.4, -0.2) is 38.9 Å². The van der Waals surface area contributed by atoms with Gasteiger partial charge in [-0.15, -0.1) is 0 Å². The summed E-state index contributed by atoms with van der Waals surface area (Å²) in [7, 11) is -3.56. The molecule has 26 heavy (non-hydrogen) atoms. The van der Waals surface area contributed by atoms with E-state index in [0.29, 0.717) is 18.8 Å². The number of piperazine rings is 1. The van der Waals surface area contributed by atoms with Gasteiger partial charge in [-0.25, -0.2) is 12.8 Å². The highest BCUT2D eigenvalue weighted by atomic mass is 32.2. The topological polar surface area (TPSA) is 64.4 Å². The molecule has 7 heteroatoms. The number of nitrogens with zero attached hydrogens (tertiary/aromatic N) is 3. The van der Waals surface area contributed by atoms with Gasteiger partial charge in [-0.1, -0.05) is 12.1 Å². The van der Waals surface area contributed by atoms with Crippen LogP contribution >= 0.6 is 0 Å². The Kier molecular flexibility index (Phi) is 4.99. The molecule has 2 aromatic carbocycles. The number of halogens is 1. The highest BCUT2D eigenvalue weighted by Crippen LogP contribution is 2.26. The maximum absolute atomic E-state index is 13.8. The Morgan fingerprint density at radius 3 is 2.35 bits per heavy atom. The Morgan fingerprint density at radius 1 is 1.04 bits per heavy atom. The van der Waals surface area contributed by atoms with Crippen molar-refractivity contribution in [1.29, 1.82) is 5.26 Å². The molecule has 1 fully saturated rings. The van der Waals surface area contributed by atoms with E-state index < -0.39 is 15.8 Å². The molecule has 0 saturated carbocycles. The van der Waals surface area contributed by atoms with E-state index in [4.69, 9.17) is 0 Å². The van der Waals surface area contributed by atoms with E-state index in [1.165, 1.54) is 10.4 Å². The highest BCUT2D eigenvalue weighted by molar-refractivity contribution is 7.89. The number of sulfonamides is 1. The zero-order chi connectivity index (χ0) is 18.9. The van der Waals surface area contributed by atoms with Crippen molar-refractivity contribution in [3.8, 4) is 6.07 Å². The van der Waals surface area contributed by atoms with Gasteiger partial charge in [0.05, 0.1) is 10.6 Å². The minimum Gasteiger partial charge on any atom is -0.368 e. The largest absolute Gasteiger partial charge is 0.368 e. The summed E-state index contributed by atoms with van der Waals surface area (Å²) in [5.41, 5.74) is 2.49. The van der Waals surface area contributed by atoms with Gasteiger partial charge >= 0.3 is 0 Å². The van der Waals surface area contributed by atoms with Crippen molar-refractivity contribution in [3.05, 3.63) is 58.9 Å². The first kappa shape index (κ1) is 18.4.